The minimum Gasteiger partial charge on any atom is -0.453 e. The van der Waals surface area contributed by atoms with Crippen LogP contribution in [0.3, 0.4) is 0 Å². The molecule has 2 rings (SSSR count). The second-order valence-electron chi connectivity index (χ2n) is 6.35. The van der Waals surface area contributed by atoms with E-state index in [1.54, 1.807) is 24.3 Å². The summed E-state index contributed by atoms with van der Waals surface area (Å²) >= 11 is 0. The molecule has 2 atom stereocenters. The lowest BCUT2D eigenvalue weighted by Crippen LogP contribution is -2.30. The Labute approximate surface area is 152 Å². The van der Waals surface area contributed by atoms with E-state index in [0.717, 1.165) is 0 Å². The van der Waals surface area contributed by atoms with Gasteiger partial charge in [-0.2, -0.15) is 0 Å². The number of ether oxygens (including phenoxy) is 1. The average molecular weight is 382 g/mol. The van der Waals surface area contributed by atoms with Gasteiger partial charge in [0.2, 0.25) is 5.91 Å². The number of rotatable bonds is 6. The largest absolute Gasteiger partial charge is 0.453 e. The van der Waals surface area contributed by atoms with Crippen LogP contribution in [-0.4, -0.2) is 43.8 Å². The van der Waals surface area contributed by atoms with E-state index in [4.69, 9.17) is 4.74 Å². The number of carbonyl (C=O) groups is 3. The lowest BCUT2D eigenvalue weighted by Gasteiger charge is -2.15. The highest BCUT2D eigenvalue weighted by Crippen LogP contribution is 2.22. The standard InChI is InChI=1S/C17H22N2O6S/c1-11(25-16(21)9-13-7-8-26(23,24)10-13)17(22)19-15-5-3-14(4-6-15)18-12(2)20/h3-6,11,13H,7-10H2,1-2H3,(H,18,20)(H,19,22)/t11-,13-/m1/s1. The van der Waals surface area contributed by atoms with Crippen molar-refractivity contribution in [1.82, 2.24) is 0 Å². The van der Waals surface area contributed by atoms with Gasteiger partial charge >= 0.3 is 5.97 Å². The van der Waals surface area contributed by atoms with Crippen LogP contribution < -0.4 is 10.6 Å². The fourth-order valence-electron chi connectivity index (χ4n) is 2.65. The number of nitrogens with one attached hydrogen (secondary N) is 2. The minimum atomic E-state index is -3.05. The van der Waals surface area contributed by atoms with Gasteiger partial charge in [0.1, 0.15) is 0 Å². The van der Waals surface area contributed by atoms with Gasteiger partial charge in [-0.1, -0.05) is 0 Å². The third-order valence-corrected chi connectivity index (χ3v) is 5.77. The highest BCUT2D eigenvalue weighted by Gasteiger charge is 2.30. The summed E-state index contributed by atoms with van der Waals surface area (Å²) in [6.07, 6.45) is -0.573. The van der Waals surface area contributed by atoms with E-state index < -0.39 is 27.8 Å². The van der Waals surface area contributed by atoms with Crippen LogP contribution in [0.1, 0.15) is 26.7 Å². The first-order valence-electron chi connectivity index (χ1n) is 8.23. The molecule has 0 spiro atoms. The molecule has 0 unspecified atom stereocenters. The first-order valence-corrected chi connectivity index (χ1v) is 10.0. The van der Waals surface area contributed by atoms with E-state index in [9.17, 15) is 22.8 Å². The predicted molar refractivity (Wildman–Crippen MR) is 96.3 cm³/mol. The summed E-state index contributed by atoms with van der Waals surface area (Å²) in [4.78, 5) is 34.9. The molecule has 1 aromatic carbocycles. The Morgan fingerprint density at radius 3 is 2.23 bits per heavy atom. The Morgan fingerprint density at radius 1 is 1.15 bits per heavy atom. The summed E-state index contributed by atoms with van der Waals surface area (Å²) in [6, 6.07) is 6.49. The van der Waals surface area contributed by atoms with Gasteiger partial charge in [-0.3, -0.25) is 14.4 Å². The second kappa shape index (κ2) is 8.31. The molecule has 0 saturated carbocycles. The number of esters is 1. The number of hydrogen-bond donors (Lipinski definition) is 2. The molecule has 0 bridgehead atoms. The molecule has 26 heavy (non-hydrogen) atoms. The van der Waals surface area contributed by atoms with Crippen LogP contribution in [0.2, 0.25) is 0 Å². The van der Waals surface area contributed by atoms with Crippen molar-refractivity contribution in [3.63, 3.8) is 0 Å². The molecule has 0 aliphatic carbocycles. The van der Waals surface area contributed by atoms with Crippen LogP contribution in [0.25, 0.3) is 0 Å². The van der Waals surface area contributed by atoms with Gasteiger partial charge in [0.05, 0.1) is 11.5 Å². The zero-order valence-corrected chi connectivity index (χ0v) is 15.5. The zero-order valence-electron chi connectivity index (χ0n) is 14.7. The third kappa shape index (κ3) is 6.14. The fraction of sp³-hybridized carbons (Fsp3) is 0.471. The molecule has 2 amide bonds. The maximum absolute atomic E-state index is 12.1. The molecule has 1 aliphatic heterocycles. The van der Waals surface area contributed by atoms with Crippen LogP contribution in [0.5, 0.6) is 0 Å². The molecule has 1 aromatic rings. The number of carbonyl (C=O) groups excluding carboxylic acids is 3. The minimum absolute atomic E-state index is 0.0106. The molecule has 1 fully saturated rings. The van der Waals surface area contributed by atoms with Crippen molar-refractivity contribution in [1.29, 1.82) is 0 Å². The number of benzene rings is 1. The molecule has 0 radical (unpaired) electrons. The molecule has 142 valence electrons. The van der Waals surface area contributed by atoms with Gasteiger partial charge in [-0.15, -0.1) is 0 Å². The predicted octanol–water partition coefficient (Wildman–Crippen LogP) is 1.34. The first-order chi connectivity index (χ1) is 12.1. The molecule has 1 heterocycles. The van der Waals surface area contributed by atoms with Gasteiger partial charge in [0.25, 0.3) is 5.91 Å². The van der Waals surface area contributed by atoms with Gasteiger partial charge in [0, 0.05) is 24.7 Å². The lowest BCUT2D eigenvalue weighted by atomic mass is 10.1. The Hall–Kier alpha value is -2.42. The Kier molecular flexibility index (Phi) is 6.36. The molecule has 1 saturated heterocycles. The van der Waals surface area contributed by atoms with Crippen molar-refractivity contribution in [3.8, 4) is 0 Å². The number of hydrogen-bond acceptors (Lipinski definition) is 6. The number of sulfone groups is 1. The van der Waals surface area contributed by atoms with Crippen LogP contribution in [0, 0.1) is 5.92 Å². The topological polar surface area (TPSA) is 119 Å². The van der Waals surface area contributed by atoms with E-state index in [-0.39, 0.29) is 29.8 Å². The Balaban J connectivity index is 1.81. The summed E-state index contributed by atoms with van der Waals surface area (Å²) in [5.74, 6) is -1.44. The molecule has 9 heteroatoms. The molecule has 0 aromatic heterocycles. The smallest absolute Gasteiger partial charge is 0.306 e. The number of anilines is 2. The van der Waals surface area contributed by atoms with Crippen LogP contribution in [0.15, 0.2) is 24.3 Å². The van der Waals surface area contributed by atoms with Crippen molar-refractivity contribution in [2.75, 3.05) is 22.1 Å². The maximum Gasteiger partial charge on any atom is 0.306 e. The van der Waals surface area contributed by atoms with Crippen LogP contribution in [-0.2, 0) is 29.0 Å². The zero-order chi connectivity index (χ0) is 19.3. The van der Waals surface area contributed by atoms with E-state index >= 15 is 0 Å². The summed E-state index contributed by atoms with van der Waals surface area (Å²) < 4.78 is 27.9. The molecule has 1 aliphatic rings. The van der Waals surface area contributed by atoms with E-state index in [1.807, 2.05) is 0 Å². The normalized spacial score (nSPS) is 19.4. The SMILES string of the molecule is CC(=O)Nc1ccc(NC(=O)[C@@H](C)OC(=O)C[C@H]2CCS(=O)(=O)C2)cc1. The van der Waals surface area contributed by atoms with Gasteiger partial charge in [0.15, 0.2) is 15.9 Å². The Morgan fingerprint density at radius 2 is 1.73 bits per heavy atom. The van der Waals surface area contributed by atoms with Crippen molar-refractivity contribution in [3.05, 3.63) is 24.3 Å². The van der Waals surface area contributed by atoms with Crippen LogP contribution >= 0.6 is 0 Å². The van der Waals surface area contributed by atoms with Gasteiger partial charge < -0.3 is 15.4 Å². The molecule has 8 nitrogen and oxygen atoms in total. The monoisotopic (exact) mass is 382 g/mol. The van der Waals surface area contributed by atoms with Crippen molar-refractivity contribution in [2.24, 2.45) is 5.92 Å². The highest BCUT2D eigenvalue weighted by atomic mass is 32.2. The fourth-order valence-corrected chi connectivity index (χ4v) is 4.51. The van der Waals surface area contributed by atoms with E-state index in [1.165, 1.54) is 13.8 Å². The summed E-state index contributed by atoms with van der Waals surface area (Å²) in [6.45, 7) is 2.84. The quantitative estimate of drug-likeness (QED) is 0.717. The maximum atomic E-state index is 12.1. The lowest BCUT2D eigenvalue weighted by molar-refractivity contribution is -0.153. The van der Waals surface area contributed by atoms with Crippen molar-refractivity contribution < 1.29 is 27.5 Å². The second-order valence-corrected chi connectivity index (χ2v) is 8.58. The Bertz CT molecular complexity index is 788. The average Bonchev–Trinajstić information content (AvgIpc) is 2.87. The van der Waals surface area contributed by atoms with Gasteiger partial charge in [-0.25, -0.2) is 8.42 Å². The van der Waals surface area contributed by atoms with Gasteiger partial charge in [-0.05, 0) is 43.5 Å². The third-order valence-electron chi connectivity index (χ3n) is 3.93. The van der Waals surface area contributed by atoms with Crippen molar-refractivity contribution >= 4 is 39.0 Å². The summed E-state index contributed by atoms with van der Waals surface area (Å²) in [7, 11) is -3.05. The van der Waals surface area contributed by atoms with E-state index in [0.29, 0.717) is 17.8 Å². The highest BCUT2D eigenvalue weighted by molar-refractivity contribution is 7.91. The van der Waals surface area contributed by atoms with Crippen molar-refractivity contribution in [2.45, 2.75) is 32.8 Å². The molecular weight excluding hydrogens is 360 g/mol. The van der Waals surface area contributed by atoms with E-state index in [2.05, 4.69) is 10.6 Å². The molecule has 2 N–H and O–H groups in total. The first kappa shape index (κ1) is 19.9. The summed E-state index contributed by atoms with van der Waals surface area (Å²) in [5.41, 5.74) is 1.09. The van der Waals surface area contributed by atoms with Crippen LogP contribution in [0.4, 0.5) is 11.4 Å². The number of amides is 2. The molecular formula is C17H22N2O6S. The summed E-state index contributed by atoms with van der Waals surface area (Å²) in [5, 5.41) is 5.22.